The van der Waals surface area contributed by atoms with Crippen LogP contribution in [0.2, 0.25) is 0 Å². The number of allylic oxidation sites excluding steroid dienone is 1. The van der Waals surface area contributed by atoms with Gasteiger partial charge < -0.3 is 9.64 Å². The highest BCUT2D eigenvalue weighted by molar-refractivity contribution is 5.77. The van der Waals surface area contributed by atoms with Crippen molar-refractivity contribution in [1.29, 1.82) is 0 Å². The van der Waals surface area contributed by atoms with Gasteiger partial charge >= 0.3 is 0 Å². The summed E-state index contributed by atoms with van der Waals surface area (Å²) < 4.78 is 5.31. The summed E-state index contributed by atoms with van der Waals surface area (Å²) in [4.78, 5) is 17.7. The number of hydrogen-bond donors (Lipinski definition) is 0. The molecule has 4 saturated heterocycles. The fraction of sp³-hybridized carbons (Fsp3) is 0.571. The molecule has 5 rings (SSSR count). The number of nitrogens with zero attached hydrogens (tertiary/aromatic N) is 2. The Morgan fingerprint density at radius 1 is 1.24 bits per heavy atom. The SMILES string of the molecule is C=CCCC(=O)N1C[C@@H](c2ccc(OC)cc2)[C@@H]2[C@H]1C1CCN2CC1. The van der Waals surface area contributed by atoms with Gasteiger partial charge in [0.05, 0.1) is 13.2 Å². The van der Waals surface area contributed by atoms with E-state index in [4.69, 9.17) is 4.74 Å². The quantitative estimate of drug-likeness (QED) is 0.773. The van der Waals surface area contributed by atoms with E-state index in [2.05, 4.69) is 28.5 Å². The molecule has 1 aromatic rings. The van der Waals surface area contributed by atoms with Gasteiger partial charge in [-0.3, -0.25) is 9.69 Å². The molecule has 25 heavy (non-hydrogen) atoms. The number of likely N-dealkylation sites (tertiary alicyclic amines) is 1. The van der Waals surface area contributed by atoms with Gasteiger partial charge in [0, 0.05) is 24.9 Å². The van der Waals surface area contributed by atoms with Crippen LogP contribution in [0.4, 0.5) is 0 Å². The van der Waals surface area contributed by atoms with Crippen LogP contribution in [0.3, 0.4) is 0 Å². The molecule has 4 heterocycles. The summed E-state index contributed by atoms with van der Waals surface area (Å²) in [5.41, 5.74) is 1.34. The Hall–Kier alpha value is -1.81. The third-order valence-corrected chi connectivity index (χ3v) is 6.42. The summed E-state index contributed by atoms with van der Waals surface area (Å²) in [7, 11) is 1.70. The van der Waals surface area contributed by atoms with Crippen molar-refractivity contribution in [2.45, 2.75) is 43.7 Å². The summed E-state index contributed by atoms with van der Waals surface area (Å²) in [6.45, 7) is 6.99. The highest BCUT2D eigenvalue weighted by Gasteiger charge is 2.54. The molecule has 0 N–H and O–H groups in total. The largest absolute Gasteiger partial charge is 0.497 e. The monoisotopic (exact) mass is 340 g/mol. The highest BCUT2D eigenvalue weighted by Crippen LogP contribution is 2.46. The third kappa shape index (κ3) is 2.86. The van der Waals surface area contributed by atoms with E-state index in [1.807, 2.05) is 18.2 Å². The number of ether oxygens (including phenoxy) is 1. The lowest BCUT2D eigenvalue weighted by molar-refractivity contribution is -0.135. The number of rotatable bonds is 5. The Morgan fingerprint density at radius 3 is 2.60 bits per heavy atom. The zero-order valence-electron chi connectivity index (χ0n) is 15.1. The van der Waals surface area contributed by atoms with Crippen LogP contribution in [0.5, 0.6) is 5.75 Å². The lowest BCUT2D eigenvalue weighted by Gasteiger charge is -2.51. The lowest BCUT2D eigenvalue weighted by atomic mass is 9.75. The predicted octanol–water partition coefficient (Wildman–Crippen LogP) is 3.05. The van der Waals surface area contributed by atoms with Crippen LogP contribution in [0.15, 0.2) is 36.9 Å². The van der Waals surface area contributed by atoms with Gasteiger partial charge in [-0.2, -0.15) is 0 Å². The standard InChI is InChI=1S/C21H28N2O2/c1-3-4-5-19(24)23-14-18(15-6-8-17(25-2)9-7-15)21-20(23)16-10-12-22(21)13-11-16/h3,6-9,16,18,20-21H,1,4-5,10-14H2,2H3/t18-,20+,21+/m0/s1. The fourth-order valence-electron chi connectivity index (χ4n) is 5.22. The van der Waals surface area contributed by atoms with Crippen LogP contribution in [-0.4, -0.2) is 54.5 Å². The summed E-state index contributed by atoms with van der Waals surface area (Å²) in [6, 6.07) is 9.33. The van der Waals surface area contributed by atoms with Gasteiger partial charge in [-0.05, 0) is 56.0 Å². The van der Waals surface area contributed by atoms with Crippen LogP contribution < -0.4 is 4.74 Å². The normalized spacial score (nSPS) is 33.2. The Balaban J connectivity index is 1.63. The number of carbonyl (C=O) groups excluding carboxylic acids is 1. The number of methoxy groups -OCH3 is 1. The van der Waals surface area contributed by atoms with Gasteiger partial charge in [-0.25, -0.2) is 0 Å². The molecule has 134 valence electrons. The minimum absolute atomic E-state index is 0.305. The average molecular weight is 340 g/mol. The van der Waals surface area contributed by atoms with Gasteiger partial charge in [0.1, 0.15) is 5.75 Å². The van der Waals surface area contributed by atoms with Gasteiger partial charge in [0.15, 0.2) is 0 Å². The highest BCUT2D eigenvalue weighted by atomic mass is 16.5. The van der Waals surface area contributed by atoms with Gasteiger partial charge in [0.25, 0.3) is 0 Å². The second-order valence-corrected chi connectivity index (χ2v) is 7.61. The maximum Gasteiger partial charge on any atom is 0.223 e. The minimum Gasteiger partial charge on any atom is -0.497 e. The van der Waals surface area contributed by atoms with E-state index in [1.54, 1.807) is 7.11 Å². The molecule has 0 radical (unpaired) electrons. The molecule has 4 aliphatic heterocycles. The molecular formula is C21H28N2O2. The van der Waals surface area contributed by atoms with Crippen LogP contribution in [0.1, 0.15) is 37.2 Å². The number of amides is 1. The number of benzene rings is 1. The smallest absolute Gasteiger partial charge is 0.223 e. The maximum absolute atomic E-state index is 12.9. The zero-order valence-corrected chi connectivity index (χ0v) is 15.1. The maximum atomic E-state index is 12.9. The number of hydrogen-bond acceptors (Lipinski definition) is 3. The predicted molar refractivity (Wildman–Crippen MR) is 98.8 cm³/mol. The molecule has 0 aliphatic carbocycles. The van der Waals surface area contributed by atoms with E-state index in [0.29, 0.717) is 36.2 Å². The van der Waals surface area contributed by atoms with Crippen molar-refractivity contribution in [3.63, 3.8) is 0 Å². The van der Waals surface area contributed by atoms with Crippen molar-refractivity contribution in [2.24, 2.45) is 5.92 Å². The molecule has 1 amide bonds. The van der Waals surface area contributed by atoms with E-state index in [9.17, 15) is 4.79 Å². The molecule has 4 fully saturated rings. The Labute approximate surface area is 150 Å². The van der Waals surface area contributed by atoms with E-state index in [-0.39, 0.29) is 0 Å². The second-order valence-electron chi connectivity index (χ2n) is 7.61. The summed E-state index contributed by atoms with van der Waals surface area (Å²) in [6.07, 6.45) is 5.69. The van der Waals surface area contributed by atoms with E-state index in [0.717, 1.165) is 18.7 Å². The summed E-state index contributed by atoms with van der Waals surface area (Å²) in [5, 5.41) is 0. The van der Waals surface area contributed by atoms with Crippen LogP contribution in [0, 0.1) is 5.92 Å². The molecule has 4 heteroatoms. The zero-order chi connectivity index (χ0) is 17.4. The van der Waals surface area contributed by atoms with Crippen LogP contribution in [0.25, 0.3) is 0 Å². The van der Waals surface area contributed by atoms with E-state index < -0.39 is 0 Å². The Morgan fingerprint density at radius 2 is 1.96 bits per heavy atom. The van der Waals surface area contributed by atoms with E-state index in [1.165, 1.54) is 31.5 Å². The number of fused-ring (bicyclic) bond motifs is 2. The fourth-order valence-corrected chi connectivity index (χ4v) is 5.22. The van der Waals surface area contributed by atoms with Crippen LogP contribution >= 0.6 is 0 Å². The molecule has 2 bridgehead atoms. The number of carbonyl (C=O) groups is 1. The number of piperidine rings is 3. The minimum atomic E-state index is 0.305. The first-order chi connectivity index (χ1) is 12.2. The van der Waals surface area contributed by atoms with Crippen LogP contribution in [-0.2, 0) is 4.79 Å². The van der Waals surface area contributed by atoms with Gasteiger partial charge in [-0.1, -0.05) is 18.2 Å². The second kappa shape index (κ2) is 6.83. The molecule has 0 unspecified atom stereocenters. The summed E-state index contributed by atoms with van der Waals surface area (Å²) in [5.74, 6) is 2.28. The molecule has 1 aromatic carbocycles. The lowest BCUT2D eigenvalue weighted by Crippen LogP contribution is -2.60. The van der Waals surface area contributed by atoms with Crippen molar-refractivity contribution in [2.75, 3.05) is 26.7 Å². The Kier molecular flexibility index (Phi) is 4.55. The average Bonchev–Trinajstić information content (AvgIpc) is 3.10. The van der Waals surface area contributed by atoms with Gasteiger partial charge in [-0.15, -0.1) is 6.58 Å². The third-order valence-electron chi connectivity index (χ3n) is 6.42. The van der Waals surface area contributed by atoms with Crippen molar-refractivity contribution < 1.29 is 9.53 Å². The molecule has 3 atom stereocenters. The van der Waals surface area contributed by atoms with Gasteiger partial charge in [0.2, 0.25) is 5.91 Å². The first-order valence-corrected chi connectivity index (χ1v) is 9.51. The molecule has 4 nitrogen and oxygen atoms in total. The van der Waals surface area contributed by atoms with Crippen molar-refractivity contribution in [3.05, 3.63) is 42.5 Å². The van der Waals surface area contributed by atoms with Crippen molar-refractivity contribution in [1.82, 2.24) is 9.80 Å². The Bertz CT molecular complexity index is 634. The molecule has 4 aliphatic rings. The first kappa shape index (κ1) is 16.6. The first-order valence-electron chi connectivity index (χ1n) is 9.51. The molecule has 0 saturated carbocycles. The van der Waals surface area contributed by atoms with Crippen molar-refractivity contribution >= 4 is 5.91 Å². The molecular weight excluding hydrogens is 312 g/mol. The molecule has 0 spiro atoms. The topological polar surface area (TPSA) is 32.8 Å². The van der Waals surface area contributed by atoms with Crippen molar-refractivity contribution in [3.8, 4) is 5.75 Å². The van der Waals surface area contributed by atoms with E-state index >= 15 is 0 Å². The summed E-state index contributed by atoms with van der Waals surface area (Å²) >= 11 is 0. The molecule has 0 aromatic heterocycles.